The summed E-state index contributed by atoms with van der Waals surface area (Å²) in [5.41, 5.74) is 8.17. The van der Waals surface area contributed by atoms with E-state index < -0.39 is 6.09 Å². The molecule has 3 aromatic rings. The topological polar surface area (TPSA) is 112 Å². The van der Waals surface area contributed by atoms with Crippen LogP contribution in [0.25, 0.3) is 5.69 Å². The molecular formula is C24H22ClN5O4. The van der Waals surface area contributed by atoms with Gasteiger partial charge in [-0.05, 0) is 43.3 Å². The van der Waals surface area contributed by atoms with E-state index in [1.807, 2.05) is 0 Å². The molecule has 1 aromatic heterocycles. The van der Waals surface area contributed by atoms with Crippen LogP contribution in [-0.4, -0.2) is 41.8 Å². The number of carbonyl (C=O) groups is 1. The number of methoxy groups -OCH3 is 1. The molecule has 4 rings (SSSR count). The number of ether oxygens (including phenoxy) is 2. The van der Waals surface area contributed by atoms with Crippen LogP contribution < -0.4 is 20.8 Å². The van der Waals surface area contributed by atoms with Crippen molar-refractivity contribution in [1.82, 2.24) is 9.78 Å². The number of nitrogens with two attached hydrogens (primary N) is 1. The highest BCUT2D eigenvalue weighted by molar-refractivity contribution is 6.30. The van der Waals surface area contributed by atoms with E-state index in [0.29, 0.717) is 46.7 Å². The van der Waals surface area contributed by atoms with Crippen molar-refractivity contribution >= 4 is 34.8 Å². The van der Waals surface area contributed by atoms with Gasteiger partial charge in [-0.3, -0.25) is 9.69 Å². The summed E-state index contributed by atoms with van der Waals surface area (Å²) in [6.07, 6.45) is 2.70. The van der Waals surface area contributed by atoms with E-state index in [1.165, 1.54) is 29.0 Å². The molecule has 0 atom stereocenters. The molecule has 0 unspecified atom stereocenters. The summed E-state index contributed by atoms with van der Waals surface area (Å²) in [6.45, 7) is 2.48. The second-order valence-electron chi connectivity index (χ2n) is 7.46. The third-order valence-electron chi connectivity index (χ3n) is 4.96. The number of hydrogen-bond acceptors (Lipinski definition) is 7. The number of cyclic esters (lactones) is 1. The molecule has 9 nitrogen and oxygen atoms in total. The summed E-state index contributed by atoms with van der Waals surface area (Å²) < 4.78 is 12.1. The maximum Gasteiger partial charge on any atom is 0.414 e. The van der Waals surface area contributed by atoms with Gasteiger partial charge >= 0.3 is 6.09 Å². The van der Waals surface area contributed by atoms with E-state index in [0.717, 1.165) is 0 Å². The summed E-state index contributed by atoms with van der Waals surface area (Å²) in [7, 11) is 1.51. The van der Waals surface area contributed by atoms with Crippen molar-refractivity contribution in [3.05, 3.63) is 87.4 Å². The minimum atomic E-state index is -0.413. The Labute approximate surface area is 200 Å². The highest BCUT2D eigenvalue weighted by Crippen LogP contribution is 2.29. The Morgan fingerprint density at radius 2 is 2.06 bits per heavy atom. The molecule has 2 aromatic carbocycles. The summed E-state index contributed by atoms with van der Waals surface area (Å²) in [5, 5.41) is 5.03. The Morgan fingerprint density at radius 3 is 2.74 bits per heavy atom. The molecule has 1 aliphatic rings. The molecule has 0 bridgehead atoms. The number of aliphatic imine (C=N–C) groups is 1. The van der Waals surface area contributed by atoms with Crippen LogP contribution in [0, 0.1) is 0 Å². The van der Waals surface area contributed by atoms with E-state index in [9.17, 15) is 9.59 Å². The number of aromatic nitrogens is 2. The molecule has 0 saturated carbocycles. The first-order valence-electron chi connectivity index (χ1n) is 10.4. The third kappa shape index (κ3) is 4.94. The molecule has 1 amide bonds. The Morgan fingerprint density at radius 1 is 1.24 bits per heavy atom. The maximum atomic E-state index is 12.8. The zero-order chi connectivity index (χ0) is 24.2. The van der Waals surface area contributed by atoms with E-state index in [4.69, 9.17) is 26.8 Å². The fourth-order valence-electron chi connectivity index (χ4n) is 3.42. The second-order valence-corrected chi connectivity index (χ2v) is 7.90. The van der Waals surface area contributed by atoms with Crippen LogP contribution in [0.3, 0.4) is 0 Å². The molecule has 1 saturated heterocycles. The van der Waals surface area contributed by atoms with Gasteiger partial charge in [-0.25, -0.2) is 14.5 Å². The van der Waals surface area contributed by atoms with Crippen molar-refractivity contribution in [1.29, 1.82) is 0 Å². The summed E-state index contributed by atoms with van der Waals surface area (Å²) >= 11 is 6.08. The molecule has 1 fully saturated rings. The van der Waals surface area contributed by atoms with Gasteiger partial charge in [0.25, 0.3) is 0 Å². The molecule has 174 valence electrons. The minimum absolute atomic E-state index is 0.0986. The molecule has 1 aliphatic heterocycles. The van der Waals surface area contributed by atoms with E-state index in [-0.39, 0.29) is 16.8 Å². The molecule has 10 heteroatoms. The Kier molecular flexibility index (Phi) is 6.65. The first-order valence-corrected chi connectivity index (χ1v) is 10.7. The lowest BCUT2D eigenvalue weighted by molar-refractivity contribution is 0.181. The zero-order valence-corrected chi connectivity index (χ0v) is 19.3. The SMILES string of the molecule is COc1cc(N2CCOC2=O)ccc1-n1ccc(=O)c(C(C=C(C)N)=Nc2cccc(Cl)c2)n1. The van der Waals surface area contributed by atoms with Gasteiger partial charge in [0.2, 0.25) is 5.43 Å². The largest absolute Gasteiger partial charge is 0.494 e. The minimum Gasteiger partial charge on any atom is -0.494 e. The number of anilines is 1. The van der Waals surface area contributed by atoms with Gasteiger partial charge in [0.05, 0.1) is 30.7 Å². The highest BCUT2D eigenvalue weighted by Gasteiger charge is 2.24. The predicted molar refractivity (Wildman–Crippen MR) is 131 cm³/mol. The Hall–Kier alpha value is -4.11. The number of hydrogen-bond donors (Lipinski definition) is 1. The number of halogens is 1. The fraction of sp³-hybridized carbons (Fsp3) is 0.167. The highest BCUT2D eigenvalue weighted by atomic mass is 35.5. The van der Waals surface area contributed by atoms with Gasteiger partial charge in [0, 0.05) is 29.0 Å². The van der Waals surface area contributed by atoms with Crippen molar-refractivity contribution < 1.29 is 14.3 Å². The fourth-order valence-corrected chi connectivity index (χ4v) is 3.61. The van der Waals surface area contributed by atoms with Crippen LogP contribution in [0.5, 0.6) is 5.75 Å². The molecule has 34 heavy (non-hydrogen) atoms. The van der Waals surface area contributed by atoms with E-state index in [1.54, 1.807) is 55.5 Å². The zero-order valence-electron chi connectivity index (χ0n) is 18.6. The second kappa shape index (κ2) is 9.80. The van der Waals surface area contributed by atoms with E-state index in [2.05, 4.69) is 10.1 Å². The maximum absolute atomic E-state index is 12.8. The van der Waals surface area contributed by atoms with Crippen LogP contribution in [0.1, 0.15) is 12.6 Å². The lowest BCUT2D eigenvalue weighted by Crippen LogP contribution is -2.23. The van der Waals surface area contributed by atoms with Gasteiger partial charge in [-0.2, -0.15) is 5.10 Å². The van der Waals surface area contributed by atoms with Gasteiger partial charge < -0.3 is 15.2 Å². The molecule has 2 N–H and O–H groups in total. The first kappa shape index (κ1) is 23.1. The van der Waals surface area contributed by atoms with Crippen molar-refractivity contribution in [3.63, 3.8) is 0 Å². The van der Waals surface area contributed by atoms with Gasteiger partial charge in [0.15, 0.2) is 5.69 Å². The molecule has 0 spiro atoms. The molecule has 0 radical (unpaired) electrons. The average Bonchev–Trinajstić information content (AvgIpc) is 3.24. The lowest BCUT2D eigenvalue weighted by atomic mass is 10.2. The van der Waals surface area contributed by atoms with Crippen molar-refractivity contribution in [2.75, 3.05) is 25.2 Å². The van der Waals surface area contributed by atoms with Crippen molar-refractivity contribution in [2.24, 2.45) is 10.7 Å². The monoisotopic (exact) mass is 479 g/mol. The average molecular weight is 480 g/mol. The summed E-state index contributed by atoms with van der Waals surface area (Å²) in [4.78, 5) is 30.7. The molecular weight excluding hydrogens is 458 g/mol. The van der Waals surface area contributed by atoms with Crippen LogP contribution in [0.2, 0.25) is 5.02 Å². The number of allylic oxidation sites excluding steroid dienone is 2. The smallest absolute Gasteiger partial charge is 0.414 e. The lowest BCUT2D eigenvalue weighted by Gasteiger charge is -2.17. The number of carbonyl (C=O) groups excluding carboxylic acids is 1. The normalized spacial score (nSPS) is 14.3. The molecule has 2 heterocycles. The van der Waals surface area contributed by atoms with Gasteiger partial charge in [-0.15, -0.1) is 0 Å². The van der Waals surface area contributed by atoms with Crippen LogP contribution >= 0.6 is 11.6 Å². The van der Waals surface area contributed by atoms with Crippen molar-refractivity contribution in [2.45, 2.75) is 6.92 Å². The number of benzene rings is 2. The van der Waals surface area contributed by atoms with Crippen LogP contribution in [-0.2, 0) is 4.74 Å². The van der Waals surface area contributed by atoms with Gasteiger partial charge in [0.1, 0.15) is 18.0 Å². The first-order chi connectivity index (χ1) is 16.4. The van der Waals surface area contributed by atoms with Crippen molar-refractivity contribution in [3.8, 4) is 11.4 Å². The quantitative estimate of drug-likeness (QED) is 0.537. The predicted octanol–water partition coefficient (Wildman–Crippen LogP) is 3.83. The number of nitrogens with zero attached hydrogens (tertiary/aromatic N) is 4. The Bertz CT molecular complexity index is 1360. The van der Waals surface area contributed by atoms with E-state index >= 15 is 0 Å². The third-order valence-corrected chi connectivity index (χ3v) is 5.19. The Balaban J connectivity index is 1.80. The standard InChI is InChI=1S/C24H22ClN5O4/c1-15(26)12-19(27-17-5-3-4-16(25)13-17)23-21(31)8-9-30(28-23)20-7-6-18(14-22(20)33-2)29-10-11-34-24(29)32/h3-9,12-14H,10-11,26H2,1-2H3. The van der Waals surface area contributed by atoms with Gasteiger partial charge in [-0.1, -0.05) is 17.7 Å². The molecule has 0 aliphatic carbocycles. The summed E-state index contributed by atoms with van der Waals surface area (Å²) in [6, 6.07) is 13.5. The summed E-state index contributed by atoms with van der Waals surface area (Å²) in [5.74, 6) is 0.457. The van der Waals surface area contributed by atoms with Crippen LogP contribution in [0.15, 0.2) is 76.3 Å². The number of amides is 1. The number of rotatable bonds is 6. The van der Waals surface area contributed by atoms with Crippen LogP contribution in [0.4, 0.5) is 16.2 Å².